The number of nitrogens with two attached hydrogens (primary N) is 1. The first-order valence-corrected chi connectivity index (χ1v) is 6.94. The van der Waals surface area contributed by atoms with Gasteiger partial charge in [0.1, 0.15) is 4.99 Å². The third kappa shape index (κ3) is 3.49. The largest absolute Gasteiger partial charge is 0.417 e. The van der Waals surface area contributed by atoms with Crippen LogP contribution in [0.5, 0.6) is 0 Å². The second-order valence-electron chi connectivity index (χ2n) is 4.06. The normalized spacial score (nSPS) is 11.3. The first-order chi connectivity index (χ1) is 9.38. The lowest BCUT2D eigenvalue weighted by atomic mass is 10.1. The lowest BCUT2D eigenvalue weighted by Gasteiger charge is -2.14. The van der Waals surface area contributed by atoms with Crippen molar-refractivity contribution in [2.24, 2.45) is 5.73 Å². The van der Waals surface area contributed by atoms with Crippen molar-refractivity contribution >= 4 is 34.2 Å². The molecular weight excluding hydrogens is 305 g/mol. The zero-order valence-corrected chi connectivity index (χ0v) is 11.8. The van der Waals surface area contributed by atoms with Gasteiger partial charge in [0.05, 0.1) is 5.56 Å². The highest BCUT2D eigenvalue weighted by Gasteiger charge is 2.34. The standard InChI is InChI=1S/C13H11F3N2S2/c14-13(15,16)11-6-8(3-4-10(11)12(17)19)18-7-9-2-1-5-20-9/h1-6,18H,7H2,(H2,17,19). The summed E-state index contributed by atoms with van der Waals surface area (Å²) in [6, 6.07) is 7.66. The highest BCUT2D eigenvalue weighted by Crippen LogP contribution is 2.34. The van der Waals surface area contributed by atoms with E-state index in [0.29, 0.717) is 12.2 Å². The average molecular weight is 316 g/mol. The monoisotopic (exact) mass is 316 g/mol. The van der Waals surface area contributed by atoms with E-state index < -0.39 is 11.7 Å². The van der Waals surface area contributed by atoms with Crippen molar-refractivity contribution in [2.45, 2.75) is 12.7 Å². The van der Waals surface area contributed by atoms with Crippen LogP contribution in [0.2, 0.25) is 0 Å². The molecule has 7 heteroatoms. The van der Waals surface area contributed by atoms with E-state index in [4.69, 9.17) is 5.73 Å². The van der Waals surface area contributed by atoms with Gasteiger partial charge in [-0.1, -0.05) is 18.3 Å². The molecule has 106 valence electrons. The van der Waals surface area contributed by atoms with Crippen LogP contribution in [0.15, 0.2) is 35.7 Å². The van der Waals surface area contributed by atoms with E-state index in [1.54, 1.807) is 0 Å². The summed E-state index contributed by atoms with van der Waals surface area (Å²) in [6.45, 7) is 0.474. The lowest BCUT2D eigenvalue weighted by Crippen LogP contribution is -2.18. The predicted molar refractivity (Wildman–Crippen MR) is 79.0 cm³/mol. The van der Waals surface area contributed by atoms with Crippen molar-refractivity contribution in [3.8, 4) is 0 Å². The van der Waals surface area contributed by atoms with Gasteiger partial charge in [-0.2, -0.15) is 13.2 Å². The van der Waals surface area contributed by atoms with Crippen molar-refractivity contribution in [3.05, 3.63) is 51.7 Å². The van der Waals surface area contributed by atoms with Gasteiger partial charge in [-0.15, -0.1) is 11.3 Å². The molecule has 0 fully saturated rings. The molecule has 1 heterocycles. The van der Waals surface area contributed by atoms with Crippen molar-refractivity contribution in [3.63, 3.8) is 0 Å². The van der Waals surface area contributed by atoms with Crippen molar-refractivity contribution < 1.29 is 13.2 Å². The summed E-state index contributed by atoms with van der Waals surface area (Å²) >= 11 is 6.18. The molecule has 0 radical (unpaired) electrons. The Bertz CT molecular complexity index is 607. The molecule has 1 aromatic heterocycles. The van der Waals surface area contributed by atoms with E-state index in [9.17, 15) is 13.2 Å². The molecule has 0 aliphatic rings. The minimum absolute atomic E-state index is 0.158. The molecule has 3 N–H and O–H groups in total. The van der Waals surface area contributed by atoms with E-state index in [-0.39, 0.29) is 10.6 Å². The molecule has 0 unspecified atom stereocenters. The summed E-state index contributed by atoms with van der Waals surface area (Å²) in [7, 11) is 0. The van der Waals surface area contributed by atoms with Crippen LogP contribution >= 0.6 is 23.6 Å². The molecule has 2 rings (SSSR count). The molecule has 0 saturated carbocycles. The van der Waals surface area contributed by atoms with E-state index in [0.717, 1.165) is 10.9 Å². The fraction of sp³-hybridized carbons (Fsp3) is 0.154. The number of halogens is 3. The van der Waals surface area contributed by atoms with Crippen LogP contribution < -0.4 is 11.1 Å². The third-order valence-electron chi connectivity index (χ3n) is 2.64. The summed E-state index contributed by atoms with van der Waals surface area (Å²) < 4.78 is 38.9. The molecular formula is C13H11F3N2S2. The summed E-state index contributed by atoms with van der Waals surface area (Å²) in [5, 5.41) is 4.86. The zero-order chi connectivity index (χ0) is 14.8. The fourth-order valence-electron chi connectivity index (χ4n) is 1.71. The summed E-state index contributed by atoms with van der Waals surface area (Å²) in [5.74, 6) is 0. The van der Waals surface area contributed by atoms with Crippen LogP contribution in [-0.4, -0.2) is 4.99 Å². The maximum atomic E-state index is 13.0. The minimum atomic E-state index is -4.49. The molecule has 0 bridgehead atoms. The van der Waals surface area contributed by atoms with Gasteiger partial charge in [-0.05, 0) is 29.6 Å². The Labute approximate surface area is 123 Å². The number of nitrogens with one attached hydrogen (secondary N) is 1. The van der Waals surface area contributed by atoms with Gasteiger partial charge in [0.15, 0.2) is 0 Å². The molecule has 0 spiro atoms. The molecule has 0 atom stereocenters. The van der Waals surface area contributed by atoms with E-state index >= 15 is 0 Å². The average Bonchev–Trinajstić information content (AvgIpc) is 2.88. The Hall–Kier alpha value is -1.60. The van der Waals surface area contributed by atoms with E-state index in [1.807, 2.05) is 17.5 Å². The smallest absolute Gasteiger partial charge is 0.389 e. The molecule has 2 aromatic rings. The quantitative estimate of drug-likeness (QED) is 0.837. The van der Waals surface area contributed by atoms with Crippen molar-refractivity contribution in [1.29, 1.82) is 0 Å². The molecule has 0 amide bonds. The fourth-order valence-corrected chi connectivity index (χ4v) is 2.53. The molecule has 2 nitrogen and oxygen atoms in total. The minimum Gasteiger partial charge on any atom is -0.389 e. The van der Waals surface area contributed by atoms with Gasteiger partial charge >= 0.3 is 6.18 Å². The second-order valence-corrected chi connectivity index (χ2v) is 5.53. The van der Waals surface area contributed by atoms with Crippen LogP contribution in [0, 0.1) is 0 Å². The van der Waals surface area contributed by atoms with Crippen LogP contribution in [-0.2, 0) is 12.7 Å². The van der Waals surface area contributed by atoms with Gasteiger partial charge in [-0.25, -0.2) is 0 Å². The number of thiophene rings is 1. The number of hydrogen-bond acceptors (Lipinski definition) is 3. The molecule has 0 aliphatic carbocycles. The number of rotatable bonds is 4. The van der Waals surface area contributed by atoms with Gasteiger partial charge in [0.2, 0.25) is 0 Å². The van der Waals surface area contributed by atoms with Crippen LogP contribution in [0.25, 0.3) is 0 Å². The zero-order valence-electron chi connectivity index (χ0n) is 10.2. The number of thiocarbonyl (C=S) groups is 1. The first kappa shape index (κ1) is 14.8. The maximum Gasteiger partial charge on any atom is 0.417 e. The predicted octanol–water partition coefficient (Wildman–Crippen LogP) is 4.01. The SMILES string of the molecule is NC(=S)c1ccc(NCc2cccs2)cc1C(F)(F)F. The number of alkyl halides is 3. The summed E-state index contributed by atoms with van der Waals surface area (Å²) in [4.78, 5) is 0.777. The Balaban J connectivity index is 2.25. The van der Waals surface area contributed by atoms with E-state index in [1.165, 1.54) is 23.5 Å². The van der Waals surface area contributed by atoms with Gasteiger partial charge in [-0.3, -0.25) is 0 Å². The number of hydrogen-bond donors (Lipinski definition) is 2. The van der Waals surface area contributed by atoms with Crippen molar-refractivity contribution in [1.82, 2.24) is 0 Å². The lowest BCUT2D eigenvalue weighted by molar-refractivity contribution is -0.137. The highest BCUT2D eigenvalue weighted by molar-refractivity contribution is 7.80. The van der Waals surface area contributed by atoms with Crippen LogP contribution in [0.3, 0.4) is 0 Å². The second kappa shape index (κ2) is 5.80. The highest BCUT2D eigenvalue weighted by atomic mass is 32.1. The Morgan fingerprint density at radius 1 is 1.30 bits per heavy atom. The Morgan fingerprint density at radius 3 is 2.60 bits per heavy atom. The van der Waals surface area contributed by atoms with Crippen LogP contribution in [0.4, 0.5) is 18.9 Å². The third-order valence-corrected chi connectivity index (χ3v) is 3.73. The molecule has 1 aromatic carbocycles. The topological polar surface area (TPSA) is 38.0 Å². The number of benzene rings is 1. The van der Waals surface area contributed by atoms with Gasteiger partial charge in [0, 0.05) is 22.7 Å². The van der Waals surface area contributed by atoms with E-state index in [2.05, 4.69) is 17.5 Å². The Morgan fingerprint density at radius 2 is 2.05 bits per heavy atom. The molecule has 20 heavy (non-hydrogen) atoms. The van der Waals surface area contributed by atoms with Crippen molar-refractivity contribution in [2.75, 3.05) is 5.32 Å². The summed E-state index contributed by atoms with van der Waals surface area (Å²) in [5.41, 5.74) is 4.73. The van der Waals surface area contributed by atoms with Gasteiger partial charge in [0.25, 0.3) is 0 Å². The van der Waals surface area contributed by atoms with Gasteiger partial charge < -0.3 is 11.1 Å². The molecule has 0 aliphatic heterocycles. The van der Waals surface area contributed by atoms with Crippen LogP contribution in [0.1, 0.15) is 16.0 Å². The maximum absolute atomic E-state index is 13.0. The number of anilines is 1. The molecule has 0 saturated heterocycles. The summed E-state index contributed by atoms with van der Waals surface area (Å²) in [6.07, 6.45) is -4.49. The first-order valence-electron chi connectivity index (χ1n) is 5.65. The Kier molecular flexibility index (Phi) is 4.29.